The van der Waals surface area contributed by atoms with Gasteiger partial charge in [0, 0.05) is 59.1 Å². The molecule has 0 unspecified atom stereocenters. The molecule has 2 saturated heterocycles. The summed E-state index contributed by atoms with van der Waals surface area (Å²) in [4.78, 5) is 50.2. The second-order valence-electron chi connectivity index (χ2n) is 18.1. The first-order valence-corrected chi connectivity index (χ1v) is 23.3. The molecule has 0 aliphatic carbocycles. The Kier molecular flexibility index (Phi) is 10.1. The number of phenolic OH excluding ortho intramolecular Hbond substituents is 2. The van der Waals surface area contributed by atoms with Crippen molar-refractivity contribution in [3.8, 4) is 46.3 Å². The van der Waals surface area contributed by atoms with E-state index in [2.05, 4.69) is 15.9 Å². The summed E-state index contributed by atoms with van der Waals surface area (Å²) >= 11 is 1.37. The Morgan fingerprint density at radius 1 is 0.925 bits per heavy atom. The summed E-state index contributed by atoms with van der Waals surface area (Å²) in [5.74, 6) is -0.410. The smallest absolute Gasteiger partial charge is 0.337 e. The van der Waals surface area contributed by atoms with E-state index in [1.54, 1.807) is 30.0 Å². The van der Waals surface area contributed by atoms with Gasteiger partial charge in [-0.1, -0.05) is 36.4 Å². The van der Waals surface area contributed by atoms with E-state index in [4.69, 9.17) is 28.4 Å². The molecule has 0 aromatic heterocycles. The molecule has 0 saturated carbocycles. The van der Waals surface area contributed by atoms with E-state index >= 15 is 9.59 Å². The van der Waals surface area contributed by atoms with Crippen molar-refractivity contribution in [2.75, 3.05) is 47.0 Å². The number of nitrogens with zero attached hydrogens (tertiary/aromatic N) is 4. The zero-order valence-electron chi connectivity index (χ0n) is 37.7. The minimum Gasteiger partial charge on any atom is -0.504 e. The highest BCUT2D eigenvalue weighted by Gasteiger charge is 2.63. The average Bonchev–Trinajstić information content (AvgIpc) is 3.81. The van der Waals surface area contributed by atoms with Crippen LogP contribution < -0.4 is 23.7 Å². The van der Waals surface area contributed by atoms with Crippen molar-refractivity contribution >= 4 is 40.4 Å². The van der Waals surface area contributed by atoms with Gasteiger partial charge in [0.1, 0.15) is 18.4 Å². The topological polar surface area (TPSA) is 181 Å². The molecule has 16 heteroatoms. The van der Waals surface area contributed by atoms with E-state index in [9.17, 15) is 20.3 Å². The summed E-state index contributed by atoms with van der Waals surface area (Å²) < 4.78 is 36.8. The minimum atomic E-state index is -1.82. The standard InChI is InChI=1S/C51H48N4O11S/c1-24-15-31-17-33-34(20-52)55-35-21-63-50(60)51(32-19-37(61-5)36(57)18-29(32)13-14-54(51)49(59)30-12-11-27-9-7-8-10-28(27)16-30)22-67-48(42(55)41(53(33)4)38(31)43(58)44(24)62-6)40-39(35)47-46(64-23-65-47)25(2)45(40)66-26(3)56/h7-12,15-16,18-19,33-35,41-42,48,57-58H,13-14,17,21-23H2,1-6H3/t33-,34-,35-,41-,42+,48+,51+/m0/s1. The highest BCUT2D eigenvalue weighted by Crippen LogP contribution is 2.65. The number of piperazine rings is 1. The maximum absolute atomic E-state index is 15.8. The van der Waals surface area contributed by atoms with Gasteiger partial charge in [0.05, 0.1) is 37.6 Å². The number of amides is 1. The van der Waals surface area contributed by atoms with Crippen molar-refractivity contribution in [2.24, 2.45) is 0 Å². The van der Waals surface area contributed by atoms with E-state index in [1.807, 2.05) is 56.4 Å². The molecule has 2 fully saturated rings. The maximum atomic E-state index is 15.8. The van der Waals surface area contributed by atoms with Crippen LogP contribution >= 0.6 is 11.8 Å². The number of methoxy groups -OCH3 is 2. The van der Waals surface area contributed by atoms with Crippen molar-refractivity contribution in [3.63, 3.8) is 0 Å². The van der Waals surface area contributed by atoms with Gasteiger partial charge in [0.15, 0.2) is 40.0 Å². The van der Waals surface area contributed by atoms with Gasteiger partial charge in [-0.2, -0.15) is 5.26 Å². The first-order chi connectivity index (χ1) is 32.3. The van der Waals surface area contributed by atoms with Crippen LogP contribution in [-0.2, 0) is 32.7 Å². The second kappa shape index (κ2) is 15.7. The number of carbonyl (C=O) groups excluding carboxylic acids is 3. The van der Waals surface area contributed by atoms with Crippen LogP contribution in [0.3, 0.4) is 0 Å². The van der Waals surface area contributed by atoms with Crippen LogP contribution in [0, 0.1) is 25.2 Å². The summed E-state index contributed by atoms with van der Waals surface area (Å²) in [7, 11) is 4.91. The lowest BCUT2D eigenvalue weighted by Gasteiger charge is -2.62. The molecular weight excluding hydrogens is 877 g/mol. The maximum Gasteiger partial charge on any atom is 0.337 e. The number of aromatic hydroxyl groups is 2. The van der Waals surface area contributed by atoms with Gasteiger partial charge >= 0.3 is 11.9 Å². The lowest BCUT2D eigenvalue weighted by molar-refractivity contribution is -0.162. The number of likely N-dealkylation sites (N-methyl/N-ethyl adjacent to an activating group) is 1. The van der Waals surface area contributed by atoms with Crippen molar-refractivity contribution in [3.05, 3.63) is 111 Å². The summed E-state index contributed by atoms with van der Waals surface area (Å²) in [6.07, 6.45) is 0.746. The molecule has 15 nitrogen and oxygen atoms in total. The first-order valence-electron chi connectivity index (χ1n) is 22.2. The Morgan fingerprint density at radius 3 is 2.45 bits per heavy atom. The fourth-order valence-electron chi connectivity index (χ4n) is 12.0. The lowest BCUT2D eigenvalue weighted by atomic mass is 9.71. The van der Waals surface area contributed by atoms with Gasteiger partial charge in [-0.15, -0.1) is 11.8 Å². The zero-order valence-corrected chi connectivity index (χ0v) is 38.6. The Labute approximate surface area is 390 Å². The monoisotopic (exact) mass is 924 g/mol. The molecule has 67 heavy (non-hydrogen) atoms. The minimum absolute atomic E-state index is 0.00779. The quantitative estimate of drug-likeness (QED) is 0.144. The van der Waals surface area contributed by atoms with Crippen LogP contribution in [0.15, 0.2) is 60.7 Å². The van der Waals surface area contributed by atoms with Gasteiger partial charge in [0.25, 0.3) is 5.91 Å². The molecule has 5 aromatic carbocycles. The summed E-state index contributed by atoms with van der Waals surface area (Å²) in [5, 5.41) is 35.9. The van der Waals surface area contributed by atoms with Crippen molar-refractivity contribution < 1.29 is 53.0 Å². The number of ether oxygens (including phenoxy) is 6. The van der Waals surface area contributed by atoms with Gasteiger partial charge < -0.3 is 43.5 Å². The summed E-state index contributed by atoms with van der Waals surface area (Å²) in [5.41, 5.74) is 3.61. The van der Waals surface area contributed by atoms with Gasteiger partial charge in [-0.3, -0.25) is 19.4 Å². The third-order valence-corrected chi connectivity index (χ3v) is 16.3. The van der Waals surface area contributed by atoms with Crippen molar-refractivity contribution in [2.45, 2.75) is 74.6 Å². The Morgan fingerprint density at radius 2 is 1.70 bits per heavy atom. The van der Waals surface area contributed by atoms with E-state index in [1.165, 1.54) is 32.9 Å². The third-order valence-electron chi connectivity index (χ3n) is 14.9. The van der Waals surface area contributed by atoms with Crippen molar-refractivity contribution in [1.82, 2.24) is 14.7 Å². The van der Waals surface area contributed by atoms with Gasteiger partial charge in [-0.05, 0) is 91.0 Å². The molecule has 7 aliphatic rings. The zero-order chi connectivity index (χ0) is 46.8. The molecule has 1 amide bonds. The van der Waals surface area contributed by atoms with Crippen LogP contribution in [0.1, 0.15) is 79.1 Å². The number of phenols is 2. The molecule has 2 N–H and O–H groups in total. The van der Waals surface area contributed by atoms with E-state index < -0.39 is 52.8 Å². The molecule has 12 rings (SSSR count). The second-order valence-corrected chi connectivity index (χ2v) is 19.3. The number of carbonyl (C=O) groups is 3. The fraction of sp³-hybridized carbons (Fsp3) is 0.373. The number of aryl methyl sites for hydroxylation is 1. The molecule has 4 bridgehead atoms. The van der Waals surface area contributed by atoms with Crippen molar-refractivity contribution in [1.29, 1.82) is 5.26 Å². The predicted molar refractivity (Wildman–Crippen MR) is 245 cm³/mol. The number of fused-ring (bicyclic) bond motifs is 10. The largest absolute Gasteiger partial charge is 0.504 e. The fourth-order valence-corrected chi connectivity index (χ4v) is 13.8. The highest BCUT2D eigenvalue weighted by molar-refractivity contribution is 7.99. The molecule has 344 valence electrons. The number of hydrogen-bond acceptors (Lipinski definition) is 15. The lowest BCUT2D eigenvalue weighted by Crippen LogP contribution is -2.69. The Hall–Kier alpha value is -6.67. The number of esters is 2. The molecule has 5 aromatic rings. The Bertz CT molecular complexity index is 3030. The highest BCUT2D eigenvalue weighted by atomic mass is 32.2. The number of nitriles is 1. The molecule has 7 atom stereocenters. The van der Waals surface area contributed by atoms with E-state index in [0.717, 1.165) is 21.9 Å². The van der Waals surface area contributed by atoms with Gasteiger partial charge in [-0.25, -0.2) is 4.79 Å². The summed E-state index contributed by atoms with van der Waals surface area (Å²) in [6.45, 7) is 4.68. The average molecular weight is 925 g/mol. The molecule has 1 spiro atoms. The van der Waals surface area contributed by atoms with E-state index in [0.29, 0.717) is 69.0 Å². The Balaban J connectivity index is 1.18. The molecule has 7 heterocycles. The first kappa shape index (κ1) is 42.9. The van der Waals surface area contributed by atoms with Gasteiger partial charge in [0.2, 0.25) is 6.79 Å². The normalized spacial score (nSPS) is 25.9. The SMILES string of the molecule is COc1cc2c(cc1O)CCN(C(=O)c1ccc3ccccc3c1)[C@]21CS[C@@H]2c3c(OC(C)=O)c(C)c4c(c3[C@H](COC1=O)N1[C@@H]2[C@@H]2c3c(cc(C)c(OC)c3O)C[C@@H]([C@@H]1C#N)N2C)OCO4. The summed E-state index contributed by atoms with van der Waals surface area (Å²) in [6, 6.07) is 17.8. The third kappa shape index (κ3) is 6.06. The van der Waals surface area contributed by atoms with Crippen LogP contribution in [-0.4, -0.2) is 108 Å². The predicted octanol–water partition coefficient (Wildman–Crippen LogP) is 6.69. The van der Waals surface area contributed by atoms with Crippen LogP contribution in [0.25, 0.3) is 10.8 Å². The number of benzene rings is 5. The number of thioether (sulfide) groups is 1. The number of hydrogen-bond donors (Lipinski definition) is 2. The molecule has 0 radical (unpaired) electrons. The van der Waals surface area contributed by atoms with Crippen LogP contribution in [0.4, 0.5) is 0 Å². The number of rotatable bonds is 4. The van der Waals surface area contributed by atoms with E-state index in [-0.39, 0.29) is 54.7 Å². The molecular formula is C51H48N4O11S. The van der Waals surface area contributed by atoms with Crippen LogP contribution in [0.2, 0.25) is 0 Å². The molecule has 7 aliphatic heterocycles. The van der Waals surface area contributed by atoms with Crippen LogP contribution in [0.5, 0.6) is 40.2 Å².